The fourth-order valence-electron chi connectivity index (χ4n) is 2.56. The molecule has 19 heavy (non-hydrogen) atoms. The van der Waals surface area contributed by atoms with Gasteiger partial charge >= 0.3 is 7.60 Å². The first-order chi connectivity index (χ1) is 8.91. The van der Waals surface area contributed by atoms with Gasteiger partial charge in [0, 0.05) is 4.47 Å². The summed E-state index contributed by atoms with van der Waals surface area (Å²) < 4.78 is 12.8. The molecule has 0 spiro atoms. The van der Waals surface area contributed by atoms with Crippen molar-refractivity contribution in [1.29, 1.82) is 0 Å². The number of fused-ring (bicyclic) bond motifs is 1. The van der Waals surface area contributed by atoms with Crippen LogP contribution in [0.2, 0.25) is 0 Å². The van der Waals surface area contributed by atoms with E-state index in [0.717, 1.165) is 27.4 Å². The molecule has 0 atom stereocenters. The number of hydrogen-bond acceptors (Lipinski definition) is 1. The molecule has 0 aliphatic carbocycles. The maximum atomic E-state index is 11.9. The minimum atomic E-state index is -4.30. The van der Waals surface area contributed by atoms with Gasteiger partial charge < -0.3 is 9.79 Å². The second-order valence-corrected chi connectivity index (χ2v) is 6.74. The summed E-state index contributed by atoms with van der Waals surface area (Å²) in [5, 5.41) is 1.68. The monoisotopic (exact) mass is 342 g/mol. The molecule has 5 heteroatoms. The van der Waals surface area contributed by atoms with E-state index >= 15 is 0 Å². The average molecular weight is 343 g/mol. The van der Waals surface area contributed by atoms with Crippen LogP contribution in [0.5, 0.6) is 0 Å². The Hall–Kier alpha value is -0.670. The van der Waals surface area contributed by atoms with Crippen LogP contribution in [-0.2, 0) is 17.4 Å². The molecular weight excluding hydrogens is 327 g/mol. The topological polar surface area (TPSA) is 57.5 Å². The molecular formula is C14H16BrO3P. The number of rotatable bonds is 3. The van der Waals surface area contributed by atoms with Crippen molar-refractivity contribution in [3.63, 3.8) is 0 Å². The van der Waals surface area contributed by atoms with Crippen molar-refractivity contribution < 1.29 is 14.4 Å². The van der Waals surface area contributed by atoms with E-state index in [1.165, 1.54) is 0 Å². The first-order valence-electron chi connectivity index (χ1n) is 6.19. The molecule has 0 saturated carbocycles. The smallest absolute Gasteiger partial charge is 0.321 e. The van der Waals surface area contributed by atoms with Gasteiger partial charge in [0.1, 0.15) is 0 Å². The third kappa shape index (κ3) is 2.50. The summed E-state index contributed by atoms with van der Waals surface area (Å²) in [5.74, 6) is 0. The highest BCUT2D eigenvalue weighted by Gasteiger charge is 2.27. The molecule has 0 aromatic heterocycles. The quantitative estimate of drug-likeness (QED) is 0.839. The predicted octanol–water partition coefficient (Wildman–Crippen LogP) is 3.53. The van der Waals surface area contributed by atoms with Gasteiger partial charge in [-0.1, -0.05) is 38.1 Å². The summed E-state index contributed by atoms with van der Waals surface area (Å²) in [6.07, 6.45) is 1.34. The molecule has 2 rings (SSSR count). The highest BCUT2D eigenvalue weighted by atomic mass is 79.9. The fourth-order valence-corrected chi connectivity index (χ4v) is 4.58. The van der Waals surface area contributed by atoms with Crippen molar-refractivity contribution in [2.45, 2.75) is 26.7 Å². The zero-order valence-corrected chi connectivity index (χ0v) is 13.3. The predicted molar refractivity (Wildman–Crippen MR) is 82.1 cm³/mol. The summed E-state index contributed by atoms with van der Waals surface area (Å²) >= 11 is 3.58. The third-order valence-electron chi connectivity index (χ3n) is 3.33. The van der Waals surface area contributed by atoms with Crippen molar-refractivity contribution in [1.82, 2.24) is 0 Å². The summed E-state index contributed by atoms with van der Waals surface area (Å²) in [5.41, 5.74) is 1.75. The van der Waals surface area contributed by atoms with Crippen LogP contribution >= 0.6 is 23.5 Å². The molecule has 0 heterocycles. The largest absolute Gasteiger partial charge is 0.357 e. The van der Waals surface area contributed by atoms with E-state index in [4.69, 9.17) is 0 Å². The highest BCUT2D eigenvalue weighted by molar-refractivity contribution is 9.10. The van der Waals surface area contributed by atoms with E-state index in [9.17, 15) is 14.4 Å². The van der Waals surface area contributed by atoms with Crippen LogP contribution in [0.15, 0.2) is 28.7 Å². The van der Waals surface area contributed by atoms with Gasteiger partial charge in [0.15, 0.2) is 0 Å². The number of benzene rings is 2. The van der Waals surface area contributed by atoms with Gasteiger partial charge in [-0.2, -0.15) is 0 Å². The fraction of sp³-hybridized carbons (Fsp3) is 0.286. The Morgan fingerprint density at radius 2 is 1.58 bits per heavy atom. The second kappa shape index (κ2) is 5.37. The lowest BCUT2D eigenvalue weighted by Gasteiger charge is -2.19. The Morgan fingerprint density at radius 1 is 1.05 bits per heavy atom. The van der Waals surface area contributed by atoms with Gasteiger partial charge in [-0.05, 0) is 50.7 Å². The van der Waals surface area contributed by atoms with Crippen molar-refractivity contribution in [3.05, 3.63) is 39.9 Å². The van der Waals surface area contributed by atoms with E-state index in [2.05, 4.69) is 15.9 Å². The molecule has 0 unspecified atom stereocenters. The van der Waals surface area contributed by atoms with Crippen LogP contribution in [0.25, 0.3) is 10.8 Å². The molecule has 2 aromatic carbocycles. The summed E-state index contributed by atoms with van der Waals surface area (Å²) in [7, 11) is -4.30. The lowest BCUT2D eigenvalue weighted by molar-refractivity contribution is 0.387. The average Bonchev–Trinajstić information content (AvgIpc) is 2.36. The van der Waals surface area contributed by atoms with Gasteiger partial charge in [0.25, 0.3) is 0 Å². The Labute approximate surface area is 120 Å². The van der Waals surface area contributed by atoms with Crippen LogP contribution in [0.1, 0.15) is 25.0 Å². The van der Waals surface area contributed by atoms with Crippen LogP contribution in [0.3, 0.4) is 0 Å². The Balaban J connectivity index is 3.06. The molecule has 2 aromatic rings. The molecule has 3 nitrogen and oxygen atoms in total. The number of halogens is 1. The molecule has 0 radical (unpaired) electrons. The Kier molecular flexibility index (Phi) is 4.17. The molecule has 102 valence electrons. The first kappa shape index (κ1) is 14.7. The maximum Gasteiger partial charge on any atom is 0.357 e. The zero-order valence-electron chi connectivity index (χ0n) is 10.9. The maximum absolute atomic E-state index is 11.9. The van der Waals surface area contributed by atoms with E-state index in [1.54, 1.807) is 12.1 Å². The van der Waals surface area contributed by atoms with E-state index in [0.29, 0.717) is 11.8 Å². The van der Waals surface area contributed by atoms with Gasteiger partial charge in [-0.25, -0.2) is 0 Å². The lowest BCUT2D eigenvalue weighted by Crippen LogP contribution is -2.15. The Morgan fingerprint density at radius 3 is 2.05 bits per heavy atom. The van der Waals surface area contributed by atoms with Gasteiger partial charge in [-0.3, -0.25) is 4.57 Å². The SMILES string of the molecule is CCc1c(CC)c(P(=O)(O)O)c2ccccc2c1Br. The lowest BCUT2D eigenvalue weighted by atomic mass is 9.97. The molecule has 0 aliphatic heterocycles. The van der Waals surface area contributed by atoms with E-state index in [1.807, 2.05) is 26.0 Å². The third-order valence-corrected chi connectivity index (χ3v) is 5.33. The normalized spacial score (nSPS) is 12.1. The molecule has 0 bridgehead atoms. The van der Waals surface area contributed by atoms with E-state index < -0.39 is 7.60 Å². The van der Waals surface area contributed by atoms with Crippen molar-refractivity contribution >= 4 is 39.6 Å². The summed E-state index contributed by atoms with van der Waals surface area (Å²) in [4.78, 5) is 19.4. The first-order valence-corrected chi connectivity index (χ1v) is 8.60. The van der Waals surface area contributed by atoms with Gasteiger partial charge in [0.05, 0.1) is 5.30 Å². The summed E-state index contributed by atoms with van der Waals surface area (Å²) in [6, 6.07) is 7.34. The molecule has 0 saturated heterocycles. The van der Waals surface area contributed by atoms with Crippen LogP contribution in [-0.4, -0.2) is 9.79 Å². The van der Waals surface area contributed by atoms with Gasteiger partial charge in [-0.15, -0.1) is 0 Å². The van der Waals surface area contributed by atoms with Crippen LogP contribution < -0.4 is 5.30 Å². The minimum Gasteiger partial charge on any atom is -0.321 e. The standard InChI is InChI=1S/C14H16BrO3P/c1-3-9-10(4-2)14(19(16,17)18)12-8-6-5-7-11(12)13(9)15/h5-8H,3-4H2,1-2H3,(H2,16,17,18). The highest BCUT2D eigenvalue weighted by Crippen LogP contribution is 2.42. The second-order valence-electron chi connectivity index (χ2n) is 4.42. The number of hydrogen-bond donors (Lipinski definition) is 2. The molecule has 2 N–H and O–H groups in total. The molecule has 0 aliphatic rings. The molecule has 0 amide bonds. The minimum absolute atomic E-state index is 0.186. The van der Waals surface area contributed by atoms with Gasteiger partial charge in [0.2, 0.25) is 0 Å². The Bertz CT molecular complexity index is 676. The van der Waals surface area contributed by atoms with Crippen molar-refractivity contribution in [3.8, 4) is 0 Å². The molecule has 0 fully saturated rings. The summed E-state index contributed by atoms with van der Waals surface area (Å²) in [6.45, 7) is 3.92. The zero-order chi connectivity index (χ0) is 14.2. The van der Waals surface area contributed by atoms with Crippen LogP contribution in [0, 0.1) is 0 Å². The van der Waals surface area contributed by atoms with Crippen molar-refractivity contribution in [2.24, 2.45) is 0 Å². The van der Waals surface area contributed by atoms with Crippen molar-refractivity contribution in [2.75, 3.05) is 0 Å². The van der Waals surface area contributed by atoms with Crippen LogP contribution in [0.4, 0.5) is 0 Å². The van der Waals surface area contributed by atoms with E-state index in [-0.39, 0.29) is 5.30 Å².